The van der Waals surface area contributed by atoms with Crippen LogP contribution in [0, 0.1) is 16.0 Å². The van der Waals surface area contributed by atoms with E-state index in [1.165, 1.54) is 18.2 Å². The highest BCUT2D eigenvalue weighted by molar-refractivity contribution is 7.89. The Balaban J connectivity index is 1.61. The number of amides is 1. The van der Waals surface area contributed by atoms with Crippen LogP contribution in [0.3, 0.4) is 0 Å². The van der Waals surface area contributed by atoms with Crippen LogP contribution in [0.25, 0.3) is 0 Å². The summed E-state index contributed by atoms with van der Waals surface area (Å²) < 4.78 is 27.4. The molecule has 2 N–H and O–H groups in total. The van der Waals surface area contributed by atoms with E-state index in [1.807, 2.05) is 11.8 Å². The van der Waals surface area contributed by atoms with Crippen LogP contribution < -0.4 is 14.9 Å². The number of hydrogen-bond donors (Lipinski definition) is 2. The second-order valence-corrected chi connectivity index (χ2v) is 9.54. The molecule has 172 valence electrons. The Morgan fingerprint density at radius 2 is 1.88 bits per heavy atom. The number of nitro benzene ring substituents is 1. The molecule has 10 heteroatoms. The number of rotatable bonds is 9. The molecule has 3 rings (SSSR count). The molecule has 0 aromatic heterocycles. The van der Waals surface area contributed by atoms with Crippen molar-refractivity contribution in [1.82, 2.24) is 4.72 Å². The fourth-order valence-electron chi connectivity index (χ4n) is 3.72. The third-order valence-corrected chi connectivity index (χ3v) is 6.98. The van der Waals surface area contributed by atoms with Crippen LogP contribution in [0.1, 0.15) is 32.6 Å². The van der Waals surface area contributed by atoms with Gasteiger partial charge in [0.2, 0.25) is 15.9 Å². The number of piperidine rings is 1. The lowest BCUT2D eigenvalue weighted by Gasteiger charge is -2.32. The van der Waals surface area contributed by atoms with E-state index < -0.39 is 14.9 Å². The van der Waals surface area contributed by atoms with E-state index in [-0.39, 0.29) is 22.4 Å². The normalized spacial score (nSPS) is 14.8. The third kappa shape index (κ3) is 5.83. The number of nitrogens with one attached hydrogen (secondary N) is 2. The Morgan fingerprint density at radius 3 is 2.56 bits per heavy atom. The number of benzene rings is 2. The van der Waals surface area contributed by atoms with E-state index >= 15 is 0 Å². The number of nitro groups is 1. The summed E-state index contributed by atoms with van der Waals surface area (Å²) >= 11 is 0. The predicted octanol–water partition coefficient (Wildman–Crippen LogP) is 3.53. The highest BCUT2D eigenvalue weighted by Gasteiger charge is 2.28. The van der Waals surface area contributed by atoms with Gasteiger partial charge in [0, 0.05) is 37.3 Å². The number of hydrogen-bond acceptors (Lipinski definition) is 6. The van der Waals surface area contributed by atoms with Crippen LogP contribution in [0.4, 0.5) is 17.1 Å². The van der Waals surface area contributed by atoms with Gasteiger partial charge in [-0.1, -0.05) is 31.5 Å². The van der Waals surface area contributed by atoms with Gasteiger partial charge < -0.3 is 10.2 Å². The van der Waals surface area contributed by atoms with Crippen molar-refractivity contribution < 1.29 is 18.1 Å². The van der Waals surface area contributed by atoms with Gasteiger partial charge in [0.25, 0.3) is 5.69 Å². The topological polar surface area (TPSA) is 122 Å². The highest BCUT2D eigenvalue weighted by atomic mass is 32.2. The molecule has 0 radical (unpaired) electrons. The zero-order valence-electron chi connectivity index (χ0n) is 18.0. The molecule has 0 aliphatic carbocycles. The molecule has 1 fully saturated rings. The summed E-state index contributed by atoms with van der Waals surface area (Å²) in [6.45, 7) is 3.40. The molecule has 0 atom stereocenters. The predicted molar refractivity (Wildman–Crippen MR) is 123 cm³/mol. The van der Waals surface area contributed by atoms with E-state index in [4.69, 9.17) is 0 Å². The first-order chi connectivity index (χ1) is 15.3. The number of para-hydroxylation sites is 2. The number of anilines is 2. The zero-order valence-corrected chi connectivity index (χ0v) is 18.8. The molecule has 9 nitrogen and oxygen atoms in total. The van der Waals surface area contributed by atoms with Crippen molar-refractivity contribution in [2.24, 2.45) is 5.92 Å². The van der Waals surface area contributed by atoms with Crippen LogP contribution in [-0.2, 0) is 14.8 Å². The molecule has 0 bridgehead atoms. The summed E-state index contributed by atoms with van der Waals surface area (Å²) in [5.74, 6) is -0.433. The van der Waals surface area contributed by atoms with E-state index in [0.29, 0.717) is 43.9 Å². The fourth-order valence-corrected chi connectivity index (χ4v) is 4.84. The second-order valence-electron chi connectivity index (χ2n) is 7.78. The maximum atomic E-state index is 12.8. The minimum Gasteiger partial charge on any atom is -0.366 e. The Labute approximate surface area is 188 Å². The quantitative estimate of drug-likeness (QED) is 0.335. The van der Waals surface area contributed by atoms with Gasteiger partial charge in [-0.2, -0.15) is 0 Å². The van der Waals surface area contributed by atoms with Gasteiger partial charge in [-0.05, 0) is 43.5 Å². The average molecular weight is 461 g/mol. The first-order valence-electron chi connectivity index (χ1n) is 10.7. The Bertz CT molecular complexity index is 1070. The van der Waals surface area contributed by atoms with E-state index in [9.17, 15) is 23.3 Å². The van der Waals surface area contributed by atoms with Crippen molar-refractivity contribution in [2.75, 3.05) is 29.9 Å². The van der Waals surface area contributed by atoms with E-state index in [2.05, 4.69) is 10.0 Å². The fraction of sp³-hybridized carbons (Fsp3) is 0.409. The molecule has 1 saturated heterocycles. The summed E-state index contributed by atoms with van der Waals surface area (Å²) in [6.07, 6.45) is 2.73. The maximum absolute atomic E-state index is 12.8. The lowest BCUT2D eigenvalue weighted by atomic mass is 9.95. The zero-order chi connectivity index (χ0) is 23.1. The van der Waals surface area contributed by atoms with Crippen LogP contribution in [0.5, 0.6) is 0 Å². The summed E-state index contributed by atoms with van der Waals surface area (Å²) in [5, 5.41) is 14.1. The molecule has 32 heavy (non-hydrogen) atoms. The van der Waals surface area contributed by atoms with Crippen molar-refractivity contribution in [1.29, 1.82) is 0 Å². The summed E-state index contributed by atoms with van der Waals surface area (Å²) in [4.78, 5) is 25.7. The number of carbonyl (C=O) groups excluding carboxylic acids is 1. The monoisotopic (exact) mass is 460 g/mol. The molecule has 1 amide bonds. The van der Waals surface area contributed by atoms with Gasteiger partial charge >= 0.3 is 0 Å². The molecule has 0 unspecified atom stereocenters. The molecule has 0 spiro atoms. The largest absolute Gasteiger partial charge is 0.366 e. The Hall–Kier alpha value is -2.98. The van der Waals surface area contributed by atoms with Gasteiger partial charge in [0.05, 0.1) is 9.82 Å². The van der Waals surface area contributed by atoms with Crippen LogP contribution >= 0.6 is 0 Å². The number of sulfonamides is 1. The molecule has 0 saturated carbocycles. The molecule has 2 aromatic rings. The number of unbranched alkanes of at least 4 members (excludes halogenated alkanes) is 1. The summed E-state index contributed by atoms with van der Waals surface area (Å²) in [5.41, 5.74) is 1.04. The van der Waals surface area contributed by atoms with Crippen LogP contribution in [-0.4, -0.2) is 38.9 Å². The second kappa shape index (κ2) is 10.6. The van der Waals surface area contributed by atoms with Gasteiger partial charge in [-0.25, -0.2) is 13.1 Å². The average Bonchev–Trinajstić information content (AvgIpc) is 2.79. The standard InChI is InChI=1S/C22H28N4O5S/c1-2-3-13-23-32(30,31)19-8-6-7-18(16-19)24-22(27)17-11-14-25(15-12-17)20-9-4-5-10-21(20)26(28)29/h4-10,16-17,23H,2-3,11-15H2,1H3,(H,24,27). The van der Waals surface area contributed by atoms with Crippen LogP contribution in [0.2, 0.25) is 0 Å². The molecule has 1 heterocycles. The van der Waals surface area contributed by atoms with E-state index in [1.54, 1.807) is 30.3 Å². The van der Waals surface area contributed by atoms with Crippen molar-refractivity contribution in [3.8, 4) is 0 Å². The minimum atomic E-state index is -3.63. The molecule has 1 aliphatic heterocycles. The SMILES string of the molecule is CCCCNS(=O)(=O)c1cccc(NC(=O)C2CCN(c3ccccc3[N+](=O)[O-])CC2)c1. The number of nitrogens with zero attached hydrogens (tertiary/aromatic N) is 2. The molecule has 2 aromatic carbocycles. The van der Waals surface area contributed by atoms with Crippen LogP contribution in [0.15, 0.2) is 53.4 Å². The molecular weight excluding hydrogens is 432 g/mol. The summed E-state index contributed by atoms with van der Waals surface area (Å²) in [7, 11) is -3.63. The van der Waals surface area contributed by atoms with Crippen molar-refractivity contribution in [3.05, 3.63) is 58.6 Å². The molecular formula is C22H28N4O5S. The van der Waals surface area contributed by atoms with Gasteiger partial charge in [-0.3, -0.25) is 14.9 Å². The first kappa shape index (κ1) is 23.7. The van der Waals surface area contributed by atoms with Gasteiger partial charge in [0.15, 0.2) is 0 Å². The lowest BCUT2D eigenvalue weighted by molar-refractivity contribution is -0.384. The summed E-state index contributed by atoms with van der Waals surface area (Å²) in [6, 6.07) is 12.8. The van der Waals surface area contributed by atoms with Gasteiger partial charge in [0.1, 0.15) is 5.69 Å². The third-order valence-electron chi connectivity index (χ3n) is 5.52. The first-order valence-corrected chi connectivity index (χ1v) is 12.2. The Kier molecular flexibility index (Phi) is 7.81. The Morgan fingerprint density at radius 1 is 1.16 bits per heavy atom. The van der Waals surface area contributed by atoms with Crippen molar-refractivity contribution in [3.63, 3.8) is 0 Å². The van der Waals surface area contributed by atoms with Crippen molar-refractivity contribution >= 4 is 33.0 Å². The van der Waals surface area contributed by atoms with Gasteiger partial charge in [-0.15, -0.1) is 0 Å². The number of carbonyl (C=O) groups is 1. The maximum Gasteiger partial charge on any atom is 0.292 e. The van der Waals surface area contributed by atoms with E-state index in [0.717, 1.165) is 12.8 Å². The van der Waals surface area contributed by atoms with Crippen molar-refractivity contribution in [2.45, 2.75) is 37.5 Å². The lowest BCUT2D eigenvalue weighted by Crippen LogP contribution is -2.38. The minimum absolute atomic E-state index is 0.0565. The smallest absolute Gasteiger partial charge is 0.292 e. The molecule has 1 aliphatic rings. The highest BCUT2D eigenvalue weighted by Crippen LogP contribution is 2.31.